The Morgan fingerprint density at radius 2 is 2.05 bits per heavy atom. The van der Waals surface area contributed by atoms with Gasteiger partial charge in [-0.2, -0.15) is 18.4 Å². The topological polar surface area (TPSA) is 54.5 Å². The molecule has 1 aromatic carbocycles. The lowest BCUT2D eigenvalue weighted by molar-refractivity contribution is -0.143. The van der Waals surface area contributed by atoms with Crippen LogP contribution in [-0.4, -0.2) is 15.0 Å². The Hall–Kier alpha value is -2.07. The van der Waals surface area contributed by atoms with Crippen molar-refractivity contribution >= 4 is 11.6 Å². The fourth-order valence-corrected chi connectivity index (χ4v) is 1.86. The van der Waals surface area contributed by atoms with Crippen molar-refractivity contribution in [2.45, 2.75) is 13.1 Å². The fourth-order valence-electron chi connectivity index (χ4n) is 1.64. The van der Waals surface area contributed by atoms with E-state index in [0.717, 1.165) is 0 Å². The van der Waals surface area contributed by atoms with Crippen molar-refractivity contribution in [1.82, 2.24) is 15.0 Å². The van der Waals surface area contributed by atoms with Gasteiger partial charge in [-0.1, -0.05) is 16.8 Å². The second-order valence-electron chi connectivity index (χ2n) is 3.74. The molecule has 2 aromatic rings. The number of nitrogens with zero attached hydrogens (tertiary/aromatic N) is 4. The first-order valence-corrected chi connectivity index (χ1v) is 5.42. The number of halogens is 4. The maximum Gasteiger partial charge on any atom is 0.436 e. The highest BCUT2D eigenvalue weighted by molar-refractivity contribution is 6.30. The van der Waals surface area contributed by atoms with E-state index in [9.17, 15) is 13.2 Å². The van der Waals surface area contributed by atoms with Crippen molar-refractivity contribution in [3.63, 3.8) is 0 Å². The summed E-state index contributed by atoms with van der Waals surface area (Å²) in [5.41, 5.74) is -1.29. The molecular weight excluding hydrogens is 281 g/mol. The molecule has 4 nitrogen and oxygen atoms in total. The van der Waals surface area contributed by atoms with E-state index in [1.807, 2.05) is 0 Å². The summed E-state index contributed by atoms with van der Waals surface area (Å²) in [5, 5.41) is 15.7. The zero-order valence-corrected chi connectivity index (χ0v) is 10.3. The molecule has 0 unspecified atom stereocenters. The lowest BCUT2D eigenvalue weighted by atomic mass is 10.2. The van der Waals surface area contributed by atoms with Crippen LogP contribution < -0.4 is 0 Å². The number of benzene rings is 1. The van der Waals surface area contributed by atoms with Gasteiger partial charge in [0.15, 0.2) is 11.4 Å². The molecule has 0 fully saturated rings. The Labute approximate surface area is 111 Å². The largest absolute Gasteiger partial charge is 0.436 e. The smallest absolute Gasteiger partial charge is 0.207 e. The van der Waals surface area contributed by atoms with E-state index in [4.69, 9.17) is 16.9 Å². The highest BCUT2D eigenvalue weighted by Crippen LogP contribution is 2.33. The van der Waals surface area contributed by atoms with Crippen LogP contribution in [0.15, 0.2) is 18.2 Å². The van der Waals surface area contributed by atoms with Gasteiger partial charge in [0.1, 0.15) is 6.07 Å². The van der Waals surface area contributed by atoms with E-state index < -0.39 is 17.6 Å². The minimum absolute atomic E-state index is 0.172. The average Bonchev–Trinajstić information content (AvgIpc) is 2.72. The lowest BCUT2D eigenvalue weighted by Gasteiger charge is -2.11. The Bertz CT molecular complexity index is 670. The van der Waals surface area contributed by atoms with Crippen LogP contribution in [0.1, 0.15) is 17.0 Å². The number of rotatable bonds is 1. The normalized spacial score (nSPS) is 11.4. The summed E-state index contributed by atoms with van der Waals surface area (Å²) in [6.45, 7) is 1.59. The predicted octanol–water partition coefficient (Wildman–Crippen LogP) is 3.12. The van der Waals surface area contributed by atoms with E-state index in [2.05, 4.69) is 10.3 Å². The van der Waals surface area contributed by atoms with Gasteiger partial charge in [-0.25, -0.2) is 4.68 Å². The van der Waals surface area contributed by atoms with Gasteiger partial charge in [0.25, 0.3) is 0 Å². The van der Waals surface area contributed by atoms with Crippen molar-refractivity contribution in [1.29, 1.82) is 5.26 Å². The monoisotopic (exact) mass is 286 g/mol. The predicted molar refractivity (Wildman–Crippen MR) is 60.8 cm³/mol. The number of aryl methyl sites for hydroxylation is 1. The van der Waals surface area contributed by atoms with Crippen molar-refractivity contribution in [2.24, 2.45) is 0 Å². The van der Waals surface area contributed by atoms with Crippen molar-refractivity contribution < 1.29 is 13.2 Å². The molecule has 0 amide bonds. The summed E-state index contributed by atoms with van der Waals surface area (Å²) in [6.07, 6.45) is -4.72. The van der Waals surface area contributed by atoms with Crippen LogP contribution in [0.3, 0.4) is 0 Å². The molecule has 0 N–H and O–H groups in total. The molecule has 0 radical (unpaired) electrons. The Morgan fingerprint density at radius 1 is 1.37 bits per heavy atom. The molecule has 1 aromatic heterocycles. The van der Waals surface area contributed by atoms with Crippen LogP contribution in [0.4, 0.5) is 13.2 Å². The summed E-state index contributed by atoms with van der Waals surface area (Å²) in [7, 11) is 0. The molecular formula is C11H6ClF3N4. The van der Waals surface area contributed by atoms with E-state index in [0.29, 0.717) is 15.3 Å². The number of aromatic nitrogens is 3. The van der Waals surface area contributed by atoms with E-state index in [-0.39, 0.29) is 5.69 Å². The summed E-state index contributed by atoms with van der Waals surface area (Å²) < 4.78 is 39.4. The minimum atomic E-state index is -4.72. The van der Waals surface area contributed by atoms with Crippen LogP contribution in [-0.2, 0) is 6.18 Å². The van der Waals surface area contributed by atoms with Gasteiger partial charge < -0.3 is 0 Å². The molecule has 0 saturated carbocycles. The zero-order chi connectivity index (χ0) is 14.2. The molecule has 0 atom stereocenters. The van der Waals surface area contributed by atoms with Gasteiger partial charge in [-0.3, -0.25) is 0 Å². The molecule has 19 heavy (non-hydrogen) atoms. The van der Waals surface area contributed by atoms with Crippen LogP contribution in [0.25, 0.3) is 5.69 Å². The first kappa shape index (κ1) is 13.4. The first-order valence-electron chi connectivity index (χ1n) is 5.04. The second kappa shape index (κ2) is 4.55. The van der Waals surface area contributed by atoms with E-state index >= 15 is 0 Å². The van der Waals surface area contributed by atoms with E-state index in [1.54, 1.807) is 6.92 Å². The maximum atomic E-state index is 12.9. The second-order valence-corrected chi connectivity index (χ2v) is 4.18. The molecule has 0 spiro atoms. The molecule has 98 valence electrons. The molecule has 0 aliphatic carbocycles. The van der Waals surface area contributed by atoms with Crippen LogP contribution in [0.2, 0.25) is 5.02 Å². The van der Waals surface area contributed by atoms with Gasteiger partial charge >= 0.3 is 6.18 Å². The summed E-state index contributed by atoms with van der Waals surface area (Å²) >= 11 is 5.75. The number of hydrogen-bond acceptors (Lipinski definition) is 3. The third-order valence-corrected chi connectivity index (χ3v) is 2.67. The summed E-state index contributed by atoms with van der Waals surface area (Å²) in [5.74, 6) is 0. The third kappa shape index (κ3) is 2.39. The Balaban J connectivity index is 2.70. The molecule has 1 heterocycles. The molecule has 0 saturated heterocycles. The van der Waals surface area contributed by atoms with E-state index in [1.165, 1.54) is 24.3 Å². The fraction of sp³-hybridized carbons (Fsp3) is 0.182. The van der Waals surface area contributed by atoms with Crippen LogP contribution in [0.5, 0.6) is 0 Å². The highest BCUT2D eigenvalue weighted by atomic mass is 35.5. The lowest BCUT2D eigenvalue weighted by Crippen LogP contribution is -2.15. The summed E-state index contributed by atoms with van der Waals surface area (Å²) in [6, 6.07) is 5.72. The minimum Gasteiger partial charge on any atom is -0.207 e. The van der Waals surface area contributed by atoms with Crippen molar-refractivity contribution in [3.05, 3.63) is 40.2 Å². The summed E-state index contributed by atoms with van der Waals surface area (Å²) in [4.78, 5) is 0. The standard InChI is InChI=1S/C11H6ClF3N4/c1-6-4-7(12)2-3-9(6)19-10(11(13,14)15)8(5-16)17-18-19/h2-4H,1H3. The zero-order valence-electron chi connectivity index (χ0n) is 9.53. The molecule has 0 aliphatic rings. The average molecular weight is 287 g/mol. The number of alkyl halides is 3. The SMILES string of the molecule is Cc1cc(Cl)ccc1-n1nnc(C#N)c1C(F)(F)F. The van der Waals surface area contributed by atoms with Gasteiger partial charge in [0.05, 0.1) is 5.69 Å². The van der Waals surface area contributed by atoms with Gasteiger partial charge in [-0.05, 0) is 30.7 Å². The van der Waals surface area contributed by atoms with Gasteiger partial charge in [-0.15, -0.1) is 5.10 Å². The van der Waals surface area contributed by atoms with Crippen LogP contribution >= 0.6 is 11.6 Å². The number of nitriles is 1. The van der Waals surface area contributed by atoms with Gasteiger partial charge in [0.2, 0.25) is 0 Å². The Morgan fingerprint density at radius 3 is 2.58 bits per heavy atom. The third-order valence-electron chi connectivity index (χ3n) is 2.43. The maximum absolute atomic E-state index is 12.9. The van der Waals surface area contributed by atoms with Crippen LogP contribution in [0, 0.1) is 18.3 Å². The van der Waals surface area contributed by atoms with Crippen molar-refractivity contribution in [3.8, 4) is 11.8 Å². The Kier molecular flexibility index (Phi) is 3.20. The first-order chi connectivity index (χ1) is 8.84. The molecule has 0 aliphatic heterocycles. The molecule has 2 rings (SSSR count). The quantitative estimate of drug-likeness (QED) is 0.809. The highest BCUT2D eigenvalue weighted by Gasteiger charge is 2.40. The van der Waals surface area contributed by atoms with Gasteiger partial charge in [0, 0.05) is 5.02 Å². The van der Waals surface area contributed by atoms with Crippen molar-refractivity contribution in [2.75, 3.05) is 0 Å². The molecule has 0 bridgehead atoms. The molecule has 8 heteroatoms. The number of hydrogen-bond donors (Lipinski definition) is 0.